The van der Waals surface area contributed by atoms with Gasteiger partial charge in [0, 0.05) is 30.1 Å². The van der Waals surface area contributed by atoms with Crippen molar-refractivity contribution in [2.75, 3.05) is 11.9 Å². The second-order valence-corrected chi connectivity index (χ2v) is 4.41. The third kappa shape index (κ3) is 3.66. The summed E-state index contributed by atoms with van der Waals surface area (Å²) in [4.78, 5) is 12.3. The Kier molecular flexibility index (Phi) is 4.33. The highest BCUT2D eigenvalue weighted by molar-refractivity contribution is 5.87. The summed E-state index contributed by atoms with van der Waals surface area (Å²) in [7, 11) is 1.69. The van der Waals surface area contributed by atoms with Gasteiger partial charge in [0.2, 0.25) is 0 Å². The van der Waals surface area contributed by atoms with Crippen LogP contribution in [0, 0.1) is 11.6 Å². The van der Waals surface area contributed by atoms with E-state index in [-0.39, 0.29) is 5.82 Å². The van der Waals surface area contributed by atoms with Crippen molar-refractivity contribution in [3.8, 4) is 0 Å². The molecule has 5 heteroatoms. The summed E-state index contributed by atoms with van der Waals surface area (Å²) in [5.74, 6) is -1.99. The Bertz CT molecular complexity index is 698. The highest BCUT2D eigenvalue weighted by Gasteiger charge is 2.10. The largest absolute Gasteiger partial charge is 0.478 e. The molecule has 0 saturated heterocycles. The summed E-state index contributed by atoms with van der Waals surface area (Å²) in [6, 6.07) is 9.95. The van der Waals surface area contributed by atoms with Gasteiger partial charge in [0.25, 0.3) is 0 Å². The number of halogens is 2. The van der Waals surface area contributed by atoms with E-state index in [9.17, 15) is 13.6 Å². The molecular formula is C16H13F2NO2. The Morgan fingerprint density at radius 3 is 2.52 bits per heavy atom. The lowest BCUT2D eigenvalue weighted by atomic mass is 10.1. The van der Waals surface area contributed by atoms with Crippen LogP contribution in [0.25, 0.3) is 6.08 Å². The van der Waals surface area contributed by atoms with E-state index in [1.165, 1.54) is 36.4 Å². The zero-order valence-electron chi connectivity index (χ0n) is 11.3. The third-order valence-electron chi connectivity index (χ3n) is 2.95. The number of nitrogens with zero attached hydrogens (tertiary/aromatic N) is 1. The smallest absolute Gasteiger partial charge is 0.328 e. The van der Waals surface area contributed by atoms with E-state index in [1.807, 2.05) is 0 Å². The fourth-order valence-corrected chi connectivity index (χ4v) is 1.95. The minimum absolute atomic E-state index is 0.385. The fraction of sp³-hybridized carbons (Fsp3) is 0.0625. The van der Waals surface area contributed by atoms with Crippen LogP contribution >= 0.6 is 0 Å². The van der Waals surface area contributed by atoms with Crippen LogP contribution in [0.15, 0.2) is 48.5 Å². The monoisotopic (exact) mass is 289 g/mol. The fourth-order valence-electron chi connectivity index (χ4n) is 1.95. The third-order valence-corrected chi connectivity index (χ3v) is 2.95. The van der Waals surface area contributed by atoms with Gasteiger partial charge in [-0.3, -0.25) is 0 Å². The normalized spacial score (nSPS) is 10.8. The zero-order valence-corrected chi connectivity index (χ0v) is 11.3. The van der Waals surface area contributed by atoms with Crippen molar-refractivity contribution in [3.63, 3.8) is 0 Å². The van der Waals surface area contributed by atoms with Crippen molar-refractivity contribution < 1.29 is 18.7 Å². The van der Waals surface area contributed by atoms with Crippen molar-refractivity contribution in [1.82, 2.24) is 0 Å². The SMILES string of the molecule is CN(c1cccc(F)c1)c1ccc(F)cc1C=CC(=O)O. The van der Waals surface area contributed by atoms with Gasteiger partial charge >= 0.3 is 5.97 Å². The number of aliphatic carboxylic acids is 1. The summed E-state index contributed by atoms with van der Waals surface area (Å²) in [5, 5.41) is 8.68. The van der Waals surface area contributed by atoms with Gasteiger partial charge in [0.1, 0.15) is 11.6 Å². The maximum absolute atomic E-state index is 13.3. The van der Waals surface area contributed by atoms with E-state index >= 15 is 0 Å². The molecule has 0 aliphatic rings. The molecule has 0 radical (unpaired) electrons. The van der Waals surface area contributed by atoms with Crippen LogP contribution in [0.4, 0.5) is 20.2 Å². The molecule has 0 atom stereocenters. The van der Waals surface area contributed by atoms with E-state index in [2.05, 4.69) is 0 Å². The van der Waals surface area contributed by atoms with Crippen LogP contribution in [-0.4, -0.2) is 18.1 Å². The lowest BCUT2D eigenvalue weighted by molar-refractivity contribution is -0.131. The average molecular weight is 289 g/mol. The highest BCUT2D eigenvalue weighted by atomic mass is 19.1. The number of carboxylic acids is 1. The molecule has 108 valence electrons. The summed E-state index contributed by atoms with van der Waals surface area (Å²) in [5.41, 5.74) is 1.54. The first kappa shape index (κ1) is 14.7. The molecule has 3 nitrogen and oxygen atoms in total. The molecule has 0 unspecified atom stereocenters. The molecule has 2 rings (SSSR count). The van der Waals surface area contributed by atoms with Crippen LogP contribution < -0.4 is 4.90 Å². The maximum Gasteiger partial charge on any atom is 0.328 e. The highest BCUT2D eigenvalue weighted by Crippen LogP contribution is 2.29. The first-order valence-corrected chi connectivity index (χ1v) is 6.17. The average Bonchev–Trinajstić information content (AvgIpc) is 2.44. The van der Waals surface area contributed by atoms with Gasteiger partial charge in [-0.2, -0.15) is 0 Å². The number of hydrogen-bond donors (Lipinski definition) is 1. The zero-order chi connectivity index (χ0) is 15.4. The van der Waals surface area contributed by atoms with Crippen molar-refractivity contribution in [2.24, 2.45) is 0 Å². The molecule has 0 heterocycles. The van der Waals surface area contributed by atoms with Crippen LogP contribution in [0.2, 0.25) is 0 Å². The predicted molar refractivity (Wildman–Crippen MR) is 77.5 cm³/mol. The van der Waals surface area contributed by atoms with E-state index in [0.29, 0.717) is 16.9 Å². The topological polar surface area (TPSA) is 40.5 Å². The Morgan fingerprint density at radius 1 is 1.14 bits per heavy atom. The number of anilines is 2. The Hall–Kier alpha value is -2.69. The van der Waals surface area contributed by atoms with E-state index < -0.39 is 11.8 Å². The molecule has 2 aromatic carbocycles. The van der Waals surface area contributed by atoms with Gasteiger partial charge in [-0.1, -0.05) is 6.07 Å². The molecule has 0 amide bonds. The molecule has 0 aliphatic heterocycles. The predicted octanol–water partition coefficient (Wildman–Crippen LogP) is 3.83. The van der Waals surface area contributed by atoms with Gasteiger partial charge in [0.05, 0.1) is 0 Å². The second kappa shape index (κ2) is 6.17. The Balaban J connectivity index is 2.45. The number of benzene rings is 2. The molecule has 0 fully saturated rings. The van der Waals surface area contributed by atoms with Gasteiger partial charge in [-0.05, 0) is 42.5 Å². The van der Waals surface area contributed by atoms with Crippen molar-refractivity contribution in [1.29, 1.82) is 0 Å². The molecule has 0 aromatic heterocycles. The van der Waals surface area contributed by atoms with Crippen molar-refractivity contribution in [2.45, 2.75) is 0 Å². The standard InChI is InChI=1S/C16H13F2NO2/c1-19(14-4-2-3-12(17)10-14)15-7-6-13(18)9-11(15)5-8-16(20)21/h2-10H,1H3,(H,20,21). The molecular weight excluding hydrogens is 276 g/mol. The molecule has 21 heavy (non-hydrogen) atoms. The van der Waals surface area contributed by atoms with Gasteiger partial charge in [0.15, 0.2) is 0 Å². The quantitative estimate of drug-likeness (QED) is 0.870. The van der Waals surface area contributed by atoms with Gasteiger partial charge in [-0.25, -0.2) is 13.6 Å². The van der Waals surface area contributed by atoms with Crippen LogP contribution in [0.1, 0.15) is 5.56 Å². The Morgan fingerprint density at radius 2 is 1.86 bits per heavy atom. The van der Waals surface area contributed by atoms with E-state index in [1.54, 1.807) is 24.1 Å². The summed E-state index contributed by atoms with van der Waals surface area (Å²) < 4.78 is 26.6. The maximum atomic E-state index is 13.3. The lowest BCUT2D eigenvalue weighted by Crippen LogP contribution is -2.11. The second-order valence-electron chi connectivity index (χ2n) is 4.41. The van der Waals surface area contributed by atoms with Crippen molar-refractivity contribution in [3.05, 3.63) is 65.7 Å². The molecule has 0 aliphatic carbocycles. The molecule has 2 aromatic rings. The van der Waals surface area contributed by atoms with Crippen LogP contribution in [0.5, 0.6) is 0 Å². The minimum Gasteiger partial charge on any atom is -0.478 e. The number of carboxylic acid groups (broad SMARTS) is 1. The molecule has 0 bridgehead atoms. The summed E-state index contributed by atoms with van der Waals surface area (Å²) >= 11 is 0. The first-order chi connectivity index (χ1) is 9.97. The lowest BCUT2D eigenvalue weighted by Gasteiger charge is -2.21. The van der Waals surface area contributed by atoms with Gasteiger partial charge < -0.3 is 10.0 Å². The van der Waals surface area contributed by atoms with E-state index in [0.717, 1.165) is 6.08 Å². The van der Waals surface area contributed by atoms with E-state index in [4.69, 9.17) is 5.11 Å². The molecule has 0 saturated carbocycles. The number of carbonyl (C=O) groups is 1. The summed E-state index contributed by atoms with van der Waals surface area (Å²) in [6.45, 7) is 0. The van der Waals surface area contributed by atoms with Crippen LogP contribution in [-0.2, 0) is 4.79 Å². The number of hydrogen-bond acceptors (Lipinski definition) is 2. The molecule has 0 spiro atoms. The summed E-state index contributed by atoms with van der Waals surface area (Å²) in [6.07, 6.45) is 2.23. The molecule has 1 N–H and O–H groups in total. The van der Waals surface area contributed by atoms with Crippen LogP contribution in [0.3, 0.4) is 0 Å². The first-order valence-electron chi connectivity index (χ1n) is 6.17. The minimum atomic E-state index is -1.13. The number of rotatable bonds is 4. The van der Waals surface area contributed by atoms with Crippen molar-refractivity contribution >= 4 is 23.4 Å². The Labute approximate surface area is 120 Å². The van der Waals surface area contributed by atoms with Gasteiger partial charge in [-0.15, -0.1) is 0 Å².